The third kappa shape index (κ3) is 5.81. The fourth-order valence-corrected chi connectivity index (χ4v) is 0.866. The molecule has 0 atom stereocenters. The zero-order valence-corrected chi connectivity index (χ0v) is 10.3. The van der Waals surface area contributed by atoms with Gasteiger partial charge in [-0.3, -0.25) is 0 Å². The van der Waals surface area contributed by atoms with E-state index in [-0.39, 0.29) is 40.0 Å². The molecule has 2 heteroatoms. The first-order chi connectivity index (χ1) is 4.79. The molecule has 1 rings (SSSR count). The van der Waals surface area contributed by atoms with E-state index in [4.69, 9.17) is 0 Å². The molecule has 0 aliphatic carbocycles. The van der Waals surface area contributed by atoms with Crippen molar-refractivity contribution in [3.63, 3.8) is 0 Å². The molecule has 0 N–H and O–H groups in total. The first-order valence-corrected chi connectivity index (χ1v) is 3.39. The van der Waals surface area contributed by atoms with Crippen LogP contribution in [-0.4, -0.2) is 23.1 Å². The Bertz CT molecular complexity index is 219. The number of allylic oxidation sites excluding steroid dienone is 1. The van der Waals surface area contributed by atoms with Gasteiger partial charge in [0.25, 0.3) is 0 Å². The van der Waals surface area contributed by atoms with Gasteiger partial charge in [-0.2, -0.15) is 35.9 Å². The van der Waals surface area contributed by atoms with Crippen molar-refractivity contribution >= 4 is 23.1 Å². The van der Waals surface area contributed by atoms with Gasteiger partial charge >= 0.3 is 23.1 Å². The minimum Gasteiger partial charge on any atom is -1.00 e. The van der Waals surface area contributed by atoms with E-state index >= 15 is 0 Å². The average Bonchev–Trinajstić information content (AvgIpc) is 1.88. The fourth-order valence-electron chi connectivity index (χ4n) is 0.866. The maximum absolute atomic E-state index is 3.83. The molecule has 60 valence electrons. The van der Waals surface area contributed by atoms with Crippen molar-refractivity contribution in [1.82, 2.24) is 0 Å². The van der Waals surface area contributed by atoms with Crippen molar-refractivity contribution in [3.8, 4) is 0 Å². The van der Waals surface area contributed by atoms with E-state index in [1.165, 1.54) is 11.1 Å². The number of benzene rings is 1. The molecule has 0 saturated carbocycles. The van der Waals surface area contributed by atoms with Crippen LogP contribution in [-0.2, 0) is 6.42 Å². The van der Waals surface area contributed by atoms with Crippen molar-refractivity contribution in [1.29, 1.82) is 0 Å². The Morgan fingerprint density at radius 1 is 1.50 bits per heavy atom. The molecule has 0 fully saturated rings. The van der Waals surface area contributed by atoms with Gasteiger partial charge in [-0.25, -0.2) is 0 Å². The Morgan fingerprint density at radius 2 is 2.17 bits per heavy atom. The summed E-state index contributed by atoms with van der Waals surface area (Å²) >= 11 is 0. The fraction of sp³-hybridized carbons (Fsp3) is 0.200. The topological polar surface area (TPSA) is 0 Å². The largest absolute Gasteiger partial charge is 2.00 e. The summed E-state index contributed by atoms with van der Waals surface area (Å²) in [6, 6.07) is 11.1. The van der Waals surface area contributed by atoms with Crippen molar-refractivity contribution < 1.29 is 17.0 Å². The van der Waals surface area contributed by atoms with Crippen LogP contribution >= 0.6 is 0 Å². The molecule has 0 nitrogen and oxygen atoms in total. The molecule has 0 radical (unpaired) electrons. The van der Waals surface area contributed by atoms with Gasteiger partial charge in [0.05, 0.1) is 0 Å². The third-order valence-electron chi connectivity index (χ3n) is 1.27. The van der Waals surface area contributed by atoms with Crippen molar-refractivity contribution in [3.05, 3.63) is 48.0 Å². The number of rotatable bonds is 2. The molecule has 0 saturated heterocycles. The van der Waals surface area contributed by atoms with Gasteiger partial charge in [0.2, 0.25) is 0 Å². The van der Waals surface area contributed by atoms with E-state index in [2.05, 4.69) is 18.7 Å². The number of hydrogen-bond acceptors (Lipinski definition) is 0. The maximum Gasteiger partial charge on any atom is 2.00 e. The third-order valence-corrected chi connectivity index (χ3v) is 1.27. The zero-order chi connectivity index (χ0) is 7.40. The van der Waals surface area contributed by atoms with Crippen molar-refractivity contribution in [2.45, 2.75) is 13.3 Å². The van der Waals surface area contributed by atoms with Crippen LogP contribution in [0.5, 0.6) is 0 Å². The van der Waals surface area contributed by atoms with Crippen molar-refractivity contribution in [2.24, 2.45) is 0 Å². The normalized spacial score (nSPS) is 7.75. The minimum atomic E-state index is 0. The van der Waals surface area contributed by atoms with Gasteiger partial charge in [0.1, 0.15) is 0 Å². The molecule has 0 amide bonds. The number of hydrogen-bond donors (Lipinski definition) is 0. The first-order valence-electron chi connectivity index (χ1n) is 3.39. The quantitative estimate of drug-likeness (QED) is 0.359. The maximum atomic E-state index is 3.83. The summed E-state index contributed by atoms with van der Waals surface area (Å²) in [5.74, 6) is 0. The molecule has 0 aromatic heterocycles. The Labute approximate surface area is 101 Å². The summed E-state index contributed by atoms with van der Waals surface area (Å²) in [6.45, 7) is 5.86. The predicted octanol–water partition coefficient (Wildman–Crippen LogP) is -0.771. The SMILES string of the molecule is C=C(C)Cc1[c-]cccc1.[Br-].[Mg+2]. The standard InChI is InChI=1S/C10H11.BrH.Mg/c1-9(2)8-10-6-4-3-5-7-10;;/h3-6H,1,8H2,2H3;1H;/q-1;;+2/p-1. The Kier molecular flexibility index (Phi) is 9.61. The van der Waals surface area contributed by atoms with Crippen LogP contribution in [0.2, 0.25) is 0 Å². The summed E-state index contributed by atoms with van der Waals surface area (Å²) in [7, 11) is 0. The van der Waals surface area contributed by atoms with Gasteiger partial charge in [-0.1, -0.05) is 12.2 Å². The van der Waals surface area contributed by atoms with Crippen LogP contribution in [0, 0.1) is 6.07 Å². The van der Waals surface area contributed by atoms with E-state index < -0.39 is 0 Å². The molecule has 12 heavy (non-hydrogen) atoms. The van der Waals surface area contributed by atoms with E-state index in [1.807, 2.05) is 25.1 Å². The monoisotopic (exact) mass is 234 g/mol. The second kappa shape index (κ2) is 7.83. The molecular formula is C10H11BrMg. The van der Waals surface area contributed by atoms with Crippen LogP contribution in [0.3, 0.4) is 0 Å². The van der Waals surface area contributed by atoms with Crippen LogP contribution in [0.1, 0.15) is 12.5 Å². The summed E-state index contributed by atoms with van der Waals surface area (Å²) in [4.78, 5) is 0. The smallest absolute Gasteiger partial charge is 1.00 e. The van der Waals surface area contributed by atoms with Gasteiger partial charge in [0, 0.05) is 0 Å². The van der Waals surface area contributed by atoms with Gasteiger partial charge in [-0.15, -0.1) is 0 Å². The molecule has 0 spiro atoms. The van der Waals surface area contributed by atoms with Crippen LogP contribution < -0.4 is 17.0 Å². The Hall–Kier alpha value is 0.206. The molecular weight excluding hydrogens is 224 g/mol. The summed E-state index contributed by atoms with van der Waals surface area (Å²) in [5.41, 5.74) is 2.40. The van der Waals surface area contributed by atoms with Crippen LogP contribution in [0.4, 0.5) is 0 Å². The molecule has 1 aromatic rings. The Morgan fingerprint density at radius 3 is 2.58 bits per heavy atom. The van der Waals surface area contributed by atoms with Gasteiger partial charge in [-0.05, 0) is 13.3 Å². The van der Waals surface area contributed by atoms with Crippen molar-refractivity contribution in [2.75, 3.05) is 0 Å². The second-order valence-corrected chi connectivity index (χ2v) is 2.52. The predicted molar refractivity (Wildman–Crippen MR) is 49.6 cm³/mol. The molecule has 0 bridgehead atoms. The van der Waals surface area contributed by atoms with E-state index in [9.17, 15) is 0 Å². The van der Waals surface area contributed by atoms with E-state index in [1.54, 1.807) is 0 Å². The molecule has 1 aromatic carbocycles. The van der Waals surface area contributed by atoms with E-state index in [0.29, 0.717) is 0 Å². The number of halogens is 1. The zero-order valence-electron chi connectivity index (χ0n) is 7.31. The Balaban J connectivity index is 0. The summed E-state index contributed by atoms with van der Waals surface area (Å²) < 4.78 is 0. The minimum absolute atomic E-state index is 0. The van der Waals surface area contributed by atoms with Gasteiger partial charge < -0.3 is 17.0 Å². The second-order valence-electron chi connectivity index (χ2n) is 2.52. The molecule has 0 aliphatic heterocycles. The molecule has 0 unspecified atom stereocenters. The molecule has 0 heterocycles. The summed E-state index contributed by atoms with van der Waals surface area (Å²) in [5, 5.41) is 0. The van der Waals surface area contributed by atoms with E-state index in [0.717, 1.165) is 6.42 Å². The first kappa shape index (κ1) is 14.7. The summed E-state index contributed by atoms with van der Waals surface area (Å²) in [6.07, 6.45) is 0.945. The van der Waals surface area contributed by atoms with Crippen LogP contribution in [0.15, 0.2) is 36.4 Å². The molecule has 0 aliphatic rings. The average molecular weight is 235 g/mol. The van der Waals surface area contributed by atoms with Gasteiger partial charge in [0.15, 0.2) is 0 Å². The van der Waals surface area contributed by atoms with Crippen LogP contribution in [0.25, 0.3) is 0 Å².